The number of methoxy groups -OCH3 is 1. The van der Waals surface area contributed by atoms with Gasteiger partial charge in [-0.1, -0.05) is 12.1 Å². The van der Waals surface area contributed by atoms with Gasteiger partial charge in [-0.05, 0) is 37.0 Å². The van der Waals surface area contributed by atoms with Gasteiger partial charge < -0.3 is 10.5 Å². The first-order valence-corrected chi connectivity index (χ1v) is 6.64. The van der Waals surface area contributed by atoms with Gasteiger partial charge in [0.1, 0.15) is 0 Å². The highest BCUT2D eigenvalue weighted by Gasteiger charge is 2.42. The smallest absolute Gasteiger partial charge is 0.338 e. The zero-order valence-corrected chi connectivity index (χ0v) is 11.7. The molecular weight excluding hydrogens is 264 g/mol. The third-order valence-electron chi connectivity index (χ3n) is 4.08. The maximum atomic E-state index is 13.2. The first-order chi connectivity index (χ1) is 9.27. The van der Waals surface area contributed by atoms with Crippen molar-refractivity contribution in [1.29, 1.82) is 0 Å². The number of carbonyl (C=O) groups is 1. The highest BCUT2D eigenvalue weighted by Crippen LogP contribution is 2.42. The molecule has 0 atom stereocenters. The Morgan fingerprint density at radius 2 is 1.85 bits per heavy atom. The van der Waals surface area contributed by atoms with Gasteiger partial charge in [-0.25, -0.2) is 13.6 Å². The van der Waals surface area contributed by atoms with E-state index in [4.69, 9.17) is 5.73 Å². The van der Waals surface area contributed by atoms with Gasteiger partial charge in [-0.15, -0.1) is 0 Å². The van der Waals surface area contributed by atoms with Crippen molar-refractivity contribution in [2.24, 2.45) is 5.73 Å². The average molecular weight is 283 g/mol. The predicted molar refractivity (Wildman–Crippen MR) is 71.8 cm³/mol. The van der Waals surface area contributed by atoms with Crippen molar-refractivity contribution in [1.82, 2.24) is 0 Å². The monoisotopic (exact) mass is 283 g/mol. The van der Waals surface area contributed by atoms with Crippen LogP contribution in [0, 0.1) is 6.92 Å². The Bertz CT molecular complexity index is 519. The summed E-state index contributed by atoms with van der Waals surface area (Å²) in [5.74, 6) is -3.01. The van der Waals surface area contributed by atoms with Crippen LogP contribution in [0.2, 0.25) is 0 Å². The van der Waals surface area contributed by atoms with Gasteiger partial charge in [0.25, 0.3) is 0 Å². The van der Waals surface area contributed by atoms with Gasteiger partial charge in [0, 0.05) is 18.4 Å². The molecule has 0 spiro atoms. The number of ether oxygens (including phenoxy) is 1. The second-order valence-electron chi connectivity index (χ2n) is 5.53. The molecule has 0 unspecified atom stereocenters. The van der Waals surface area contributed by atoms with Gasteiger partial charge in [-0.2, -0.15) is 0 Å². The number of benzene rings is 1. The summed E-state index contributed by atoms with van der Waals surface area (Å²) in [5, 5.41) is 0. The first kappa shape index (κ1) is 14.9. The molecule has 1 aromatic carbocycles. The Labute approximate surface area is 117 Å². The van der Waals surface area contributed by atoms with Gasteiger partial charge in [0.05, 0.1) is 12.7 Å². The molecule has 1 aliphatic carbocycles. The molecule has 110 valence electrons. The number of halogens is 2. The van der Waals surface area contributed by atoms with Crippen molar-refractivity contribution in [3.05, 3.63) is 34.9 Å². The van der Waals surface area contributed by atoms with Crippen molar-refractivity contribution in [2.75, 3.05) is 7.11 Å². The van der Waals surface area contributed by atoms with E-state index in [-0.39, 0.29) is 25.7 Å². The lowest BCUT2D eigenvalue weighted by Gasteiger charge is -2.37. The molecule has 2 rings (SSSR count). The van der Waals surface area contributed by atoms with Crippen molar-refractivity contribution in [3.8, 4) is 0 Å². The molecule has 1 saturated carbocycles. The minimum absolute atomic E-state index is 0.193. The normalized spacial score (nSPS) is 20.4. The molecule has 20 heavy (non-hydrogen) atoms. The van der Waals surface area contributed by atoms with Crippen molar-refractivity contribution in [3.63, 3.8) is 0 Å². The predicted octanol–water partition coefficient (Wildman–Crippen LogP) is 3.14. The molecule has 3 nitrogen and oxygen atoms in total. The SMILES string of the molecule is COC(=O)c1ccc(C2(N)CCC(F)(F)CC2)cc1C. The Hall–Kier alpha value is -1.49. The molecule has 0 saturated heterocycles. The minimum Gasteiger partial charge on any atom is -0.465 e. The number of esters is 1. The van der Waals surface area contributed by atoms with Gasteiger partial charge in [0.15, 0.2) is 0 Å². The summed E-state index contributed by atoms with van der Waals surface area (Å²) in [6.07, 6.45) is 0.108. The van der Waals surface area contributed by atoms with E-state index in [9.17, 15) is 13.6 Å². The van der Waals surface area contributed by atoms with Crippen LogP contribution in [0.25, 0.3) is 0 Å². The van der Waals surface area contributed by atoms with E-state index < -0.39 is 17.4 Å². The minimum atomic E-state index is -2.61. The van der Waals surface area contributed by atoms with E-state index in [2.05, 4.69) is 4.74 Å². The van der Waals surface area contributed by atoms with Crippen molar-refractivity contribution in [2.45, 2.75) is 44.1 Å². The molecule has 5 heteroatoms. The third kappa shape index (κ3) is 2.82. The topological polar surface area (TPSA) is 52.3 Å². The van der Waals surface area contributed by atoms with Crippen LogP contribution >= 0.6 is 0 Å². The highest BCUT2D eigenvalue weighted by atomic mass is 19.3. The zero-order chi connectivity index (χ0) is 15.0. The summed E-state index contributed by atoms with van der Waals surface area (Å²) in [6.45, 7) is 1.79. The molecule has 0 aliphatic heterocycles. The molecule has 2 N–H and O–H groups in total. The number of hydrogen-bond acceptors (Lipinski definition) is 3. The molecule has 0 amide bonds. The first-order valence-electron chi connectivity index (χ1n) is 6.64. The quantitative estimate of drug-likeness (QED) is 0.848. The Morgan fingerprint density at radius 1 is 1.25 bits per heavy atom. The van der Waals surface area contributed by atoms with E-state index >= 15 is 0 Å². The maximum absolute atomic E-state index is 13.2. The summed E-state index contributed by atoms with van der Waals surface area (Å²) in [5.41, 5.74) is 7.57. The largest absolute Gasteiger partial charge is 0.465 e. The fourth-order valence-corrected chi connectivity index (χ4v) is 2.66. The second-order valence-corrected chi connectivity index (χ2v) is 5.53. The van der Waals surface area contributed by atoms with Gasteiger partial charge in [-0.3, -0.25) is 0 Å². The summed E-state index contributed by atoms with van der Waals surface area (Å²) < 4.78 is 31.2. The van der Waals surface area contributed by atoms with Crippen molar-refractivity contribution < 1.29 is 18.3 Å². The lowest BCUT2D eigenvalue weighted by atomic mass is 9.75. The summed E-state index contributed by atoms with van der Waals surface area (Å²) in [7, 11) is 1.32. The molecule has 1 aromatic rings. The molecule has 0 aromatic heterocycles. The Balaban J connectivity index is 2.26. The van der Waals surface area contributed by atoms with E-state index in [0.29, 0.717) is 5.56 Å². The van der Waals surface area contributed by atoms with E-state index in [1.54, 1.807) is 25.1 Å². The Morgan fingerprint density at radius 3 is 2.35 bits per heavy atom. The molecule has 0 bridgehead atoms. The molecule has 0 radical (unpaired) electrons. The third-order valence-corrected chi connectivity index (χ3v) is 4.08. The van der Waals surface area contributed by atoms with Crippen LogP contribution in [0.15, 0.2) is 18.2 Å². The Kier molecular flexibility index (Phi) is 3.82. The number of nitrogens with two attached hydrogens (primary N) is 1. The van der Waals surface area contributed by atoms with Crippen molar-refractivity contribution >= 4 is 5.97 Å². The lowest BCUT2D eigenvalue weighted by molar-refractivity contribution is -0.0514. The molecule has 1 fully saturated rings. The van der Waals surface area contributed by atoms with Crippen LogP contribution in [-0.4, -0.2) is 19.0 Å². The average Bonchev–Trinajstić information content (AvgIpc) is 2.41. The standard InChI is InChI=1S/C15H19F2NO2/c1-10-9-11(3-4-12(10)13(19)20-2)14(18)5-7-15(16,17)8-6-14/h3-4,9H,5-8,18H2,1-2H3. The van der Waals surface area contributed by atoms with E-state index in [0.717, 1.165) is 11.1 Å². The van der Waals surface area contributed by atoms with Crippen LogP contribution in [-0.2, 0) is 10.3 Å². The van der Waals surface area contributed by atoms with E-state index in [1.807, 2.05) is 0 Å². The van der Waals surface area contributed by atoms with Crippen LogP contribution in [0.5, 0.6) is 0 Å². The van der Waals surface area contributed by atoms with Crippen LogP contribution in [0.1, 0.15) is 47.2 Å². The maximum Gasteiger partial charge on any atom is 0.338 e. The van der Waals surface area contributed by atoms with Crippen LogP contribution < -0.4 is 5.73 Å². The number of rotatable bonds is 2. The fourth-order valence-electron chi connectivity index (χ4n) is 2.66. The number of hydrogen-bond donors (Lipinski definition) is 1. The number of alkyl halides is 2. The van der Waals surface area contributed by atoms with Crippen LogP contribution in [0.3, 0.4) is 0 Å². The molecule has 1 aliphatic rings. The summed E-state index contributed by atoms with van der Waals surface area (Å²) in [6, 6.07) is 5.19. The van der Waals surface area contributed by atoms with Crippen LogP contribution in [0.4, 0.5) is 8.78 Å². The number of aryl methyl sites for hydroxylation is 1. The highest BCUT2D eigenvalue weighted by molar-refractivity contribution is 5.91. The fraction of sp³-hybridized carbons (Fsp3) is 0.533. The summed E-state index contributed by atoms with van der Waals surface area (Å²) in [4.78, 5) is 11.5. The van der Waals surface area contributed by atoms with E-state index in [1.165, 1.54) is 7.11 Å². The number of carbonyl (C=O) groups excluding carboxylic acids is 1. The zero-order valence-electron chi connectivity index (χ0n) is 11.7. The lowest BCUT2D eigenvalue weighted by Crippen LogP contribution is -2.43. The molecular formula is C15H19F2NO2. The second kappa shape index (κ2) is 5.13. The summed E-state index contributed by atoms with van der Waals surface area (Å²) >= 11 is 0. The van der Waals surface area contributed by atoms with Gasteiger partial charge >= 0.3 is 5.97 Å². The molecule has 0 heterocycles. The van der Waals surface area contributed by atoms with Gasteiger partial charge in [0.2, 0.25) is 5.92 Å².